The van der Waals surface area contributed by atoms with Crippen LogP contribution in [-0.4, -0.2) is 27.8 Å². The Morgan fingerprint density at radius 3 is 2.68 bits per heavy atom. The lowest BCUT2D eigenvalue weighted by Crippen LogP contribution is -2.49. The number of piperidine rings is 1. The fourth-order valence-electron chi connectivity index (χ4n) is 2.67. The lowest BCUT2D eigenvalue weighted by molar-refractivity contribution is -0.380. The van der Waals surface area contributed by atoms with Crippen LogP contribution in [0.15, 0.2) is 12.1 Å². The predicted octanol–water partition coefficient (Wildman–Crippen LogP) is 1.81. The minimum absolute atomic E-state index is 0.107. The fraction of sp³-hybridized carbons (Fsp3) is 0.583. The number of nitrogens with zero attached hydrogens (tertiary/aromatic N) is 2. The molecule has 2 heterocycles. The number of carbonyl (C=O) groups is 1. The molecule has 2 atom stereocenters. The second kappa shape index (κ2) is 4.57. The van der Waals surface area contributed by atoms with Crippen LogP contribution in [0, 0.1) is 10.1 Å². The van der Waals surface area contributed by atoms with Gasteiger partial charge in [-0.2, -0.15) is 0 Å². The number of hydrogen-bond acceptors (Lipinski definition) is 5. The third-order valence-electron chi connectivity index (χ3n) is 3.71. The van der Waals surface area contributed by atoms with E-state index < -0.39 is 4.92 Å². The van der Waals surface area contributed by atoms with E-state index in [-0.39, 0.29) is 29.0 Å². The van der Waals surface area contributed by atoms with Gasteiger partial charge in [-0.05, 0) is 25.3 Å². The minimum atomic E-state index is -0.397. The van der Waals surface area contributed by atoms with E-state index >= 15 is 0 Å². The molecule has 1 aromatic heterocycles. The summed E-state index contributed by atoms with van der Waals surface area (Å²) in [5.74, 6) is 0.130. The van der Waals surface area contributed by atoms with Gasteiger partial charge in [-0.15, -0.1) is 0 Å². The Hall–Kier alpha value is -1.47. The van der Waals surface area contributed by atoms with Crippen molar-refractivity contribution < 1.29 is 9.72 Å². The van der Waals surface area contributed by atoms with Crippen molar-refractivity contribution in [3.63, 3.8) is 0 Å². The van der Waals surface area contributed by atoms with Crippen LogP contribution in [0.5, 0.6) is 0 Å². The maximum absolute atomic E-state index is 12.1. The molecule has 2 unspecified atom stereocenters. The summed E-state index contributed by atoms with van der Waals surface area (Å²) < 4.78 is 0. The molecule has 102 valence electrons. The van der Waals surface area contributed by atoms with E-state index in [1.54, 1.807) is 6.07 Å². The van der Waals surface area contributed by atoms with Crippen LogP contribution >= 0.6 is 11.3 Å². The van der Waals surface area contributed by atoms with Gasteiger partial charge >= 0.3 is 5.00 Å². The highest BCUT2D eigenvalue weighted by Gasteiger charge is 2.43. The number of likely N-dealkylation sites (tertiary alicyclic amines) is 1. The van der Waals surface area contributed by atoms with Crippen LogP contribution in [0.4, 0.5) is 5.00 Å². The summed E-state index contributed by atoms with van der Waals surface area (Å²) in [6, 6.07) is 3.20. The zero-order chi connectivity index (χ0) is 13.6. The van der Waals surface area contributed by atoms with E-state index in [0.29, 0.717) is 12.8 Å². The SMILES string of the molecule is NC1CCC(=O)N(C2CC2)C1c1ccc([N+](=O)[O-])s1. The molecule has 1 aliphatic heterocycles. The molecule has 0 aromatic carbocycles. The molecule has 2 N–H and O–H groups in total. The van der Waals surface area contributed by atoms with Gasteiger partial charge in [0.1, 0.15) is 0 Å². The molecule has 1 aromatic rings. The van der Waals surface area contributed by atoms with Crippen LogP contribution in [0.25, 0.3) is 0 Å². The number of amides is 1. The summed E-state index contributed by atoms with van der Waals surface area (Å²) in [6.07, 6.45) is 3.17. The monoisotopic (exact) mass is 281 g/mol. The molecule has 2 aliphatic rings. The van der Waals surface area contributed by atoms with Crippen LogP contribution in [0.3, 0.4) is 0 Å². The quantitative estimate of drug-likeness (QED) is 0.676. The first-order valence-electron chi connectivity index (χ1n) is 6.39. The van der Waals surface area contributed by atoms with Gasteiger partial charge in [0.2, 0.25) is 5.91 Å². The van der Waals surface area contributed by atoms with E-state index in [1.165, 1.54) is 6.07 Å². The molecule has 0 radical (unpaired) electrons. The summed E-state index contributed by atoms with van der Waals surface area (Å²) in [4.78, 5) is 25.2. The molecule has 1 saturated heterocycles. The minimum Gasteiger partial charge on any atom is -0.330 e. The fourth-order valence-corrected chi connectivity index (χ4v) is 3.67. The van der Waals surface area contributed by atoms with Crippen LogP contribution in [0.2, 0.25) is 0 Å². The second-order valence-electron chi connectivity index (χ2n) is 5.11. The Morgan fingerprint density at radius 1 is 1.37 bits per heavy atom. The zero-order valence-electron chi connectivity index (χ0n) is 10.3. The molecular formula is C12H15N3O3S. The third kappa shape index (κ3) is 2.23. The first kappa shape index (κ1) is 12.6. The van der Waals surface area contributed by atoms with Gasteiger partial charge in [-0.3, -0.25) is 14.9 Å². The summed E-state index contributed by atoms with van der Waals surface area (Å²) in [5.41, 5.74) is 6.16. The van der Waals surface area contributed by atoms with Crippen molar-refractivity contribution >= 4 is 22.2 Å². The predicted molar refractivity (Wildman–Crippen MR) is 70.8 cm³/mol. The number of thiophene rings is 1. The number of hydrogen-bond donors (Lipinski definition) is 1. The van der Waals surface area contributed by atoms with E-state index in [9.17, 15) is 14.9 Å². The molecule has 1 aliphatic carbocycles. The number of nitrogens with two attached hydrogens (primary N) is 1. The van der Waals surface area contributed by atoms with Gasteiger partial charge in [-0.25, -0.2) is 0 Å². The van der Waals surface area contributed by atoms with Crippen molar-refractivity contribution in [2.75, 3.05) is 0 Å². The topological polar surface area (TPSA) is 89.5 Å². The molecule has 7 heteroatoms. The van der Waals surface area contributed by atoms with Crippen molar-refractivity contribution in [1.82, 2.24) is 4.90 Å². The lowest BCUT2D eigenvalue weighted by atomic mass is 9.95. The Morgan fingerprint density at radius 2 is 2.11 bits per heavy atom. The maximum atomic E-state index is 12.1. The van der Waals surface area contributed by atoms with Crippen molar-refractivity contribution in [2.45, 2.75) is 43.8 Å². The summed E-state index contributed by atoms with van der Waals surface area (Å²) in [7, 11) is 0. The van der Waals surface area contributed by atoms with Gasteiger partial charge in [-0.1, -0.05) is 11.3 Å². The van der Waals surface area contributed by atoms with Gasteiger partial charge < -0.3 is 10.6 Å². The smallest absolute Gasteiger partial charge is 0.324 e. The van der Waals surface area contributed by atoms with E-state index in [1.807, 2.05) is 4.90 Å². The Labute approximate surface area is 114 Å². The van der Waals surface area contributed by atoms with Gasteiger partial charge in [0, 0.05) is 29.4 Å². The maximum Gasteiger partial charge on any atom is 0.324 e. The third-order valence-corrected chi connectivity index (χ3v) is 4.82. The molecule has 3 rings (SSSR count). The molecule has 1 amide bonds. The van der Waals surface area contributed by atoms with Gasteiger partial charge in [0.05, 0.1) is 11.0 Å². The van der Waals surface area contributed by atoms with Crippen molar-refractivity contribution in [3.8, 4) is 0 Å². The highest BCUT2D eigenvalue weighted by molar-refractivity contribution is 7.15. The Balaban J connectivity index is 1.93. The Kier molecular flexibility index (Phi) is 3.02. The highest BCUT2D eigenvalue weighted by atomic mass is 32.1. The standard InChI is InChI=1S/C12H15N3O3S/c13-8-3-5-10(16)14(7-1-2-7)12(8)9-4-6-11(19-9)15(17)18/h4,6-8,12H,1-3,5,13H2. The molecule has 19 heavy (non-hydrogen) atoms. The molecular weight excluding hydrogens is 266 g/mol. The molecule has 1 saturated carbocycles. The largest absolute Gasteiger partial charge is 0.330 e. The van der Waals surface area contributed by atoms with E-state index in [2.05, 4.69) is 0 Å². The van der Waals surface area contributed by atoms with Crippen LogP contribution in [-0.2, 0) is 4.79 Å². The number of nitro groups is 1. The zero-order valence-corrected chi connectivity index (χ0v) is 11.1. The average Bonchev–Trinajstić information content (AvgIpc) is 3.08. The summed E-state index contributed by atoms with van der Waals surface area (Å²) >= 11 is 1.13. The highest BCUT2D eigenvalue weighted by Crippen LogP contribution is 2.42. The van der Waals surface area contributed by atoms with Crippen molar-refractivity contribution in [3.05, 3.63) is 27.1 Å². The normalized spacial score (nSPS) is 27.6. The molecule has 0 bridgehead atoms. The molecule has 0 spiro atoms. The average molecular weight is 281 g/mol. The molecule has 2 fully saturated rings. The van der Waals surface area contributed by atoms with Crippen molar-refractivity contribution in [1.29, 1.82) is 0 Å². The Bertz CT molecular complexity index is 526. The lowest BCUT2D eigenvalue weighted by Gasteiger charge is -2.39. The first-order chi connectivity index (χ1) is 9.08. The van der Waals surface area contributed by atoms with E-state index in [0.717, 1.165) is 29.1 Å². The number of rotatable bonds is 3. The molecule has 6 nitrogen and oxygen atoms in total. The first-order valence-corrected chi connectivity index (χ1v) is 7.20. The van der Waals surface area contributed by atoms with Gasteiger partial charge in [0.25, 0.3) is 0 Å². The second-order valence-corrected chi connectivity index (χ2v) is 6.21. The summed E-state index contributed by atoms with van der Waals surface area (Å²) in [5, 5.41) is 10.9. The number of carbonyl (C=O) groups excluding carboxylic acids is 1. The van der Waals surface area contributed by atoms with E-state index in [4.69, 9.17) is 5.73 Å². The van der Waals surface area contributed by atoms with Gasteiger partial charge in [0.15, 0.2) is 0 Å². The van der Waals surface area contributed by atoms with Crippen molar-refractivity contribution in [2.24, 2.45) is 5.73 Å². The van der Waals surface area contributed by atoms with Crippen LogP contribution < -0.4 is 5.73 Å². The van der Waals surface area contributed by atoms with Crippen LogP contribution in [0.1, 0.15) is 36.6 Å². The summed E-state index contributed by atoms with van der Waals surface area (Å²) in [6.45, 7) is 0.